The number of benzene rings is 1. The van der Waals surface area contributed by atoms with Crippen molar-refractivity contribution in [2.75, 3.05) is 19.6 Å². The number of aryl methyl sites for hydroxylation is 1. The Morgan fingerprint density at radius 1 is 1.15 bits per heavy atom. The van der Waals surface area contributed by atoms with Gasteiger partial charge in [-0.2, -0.15) is 4.80 Å². The third kappa shape index (κ3) is 5.11. The fourth-order valence-corrected chi connectivity index (χ4v) is 3.63. The fraction of sp³-hybridized carbons (Fsp3) is 0.579. The Bertz CT molecular complexity index is 703. The molecule has 2 heterocycles. The van der Waals surface area contributed by atoms with Gasteiger partial charge in [0, 0.05) is 18.7 Å². The van der Waals surface area contributed by atoms with Gasteiger partial charge in [-0.05, 0) is 36.9 Å². The molecule has 0 spiro atoms. The van der Waals surface area contributed by atoms with Crippen molar-refractivity contribution in [3.8, 4) is 11.4 Å². The first-order chi connectivity index (χ1) is 12.6. The maximum Gasteiger partial charge on any atom is 0.307 e. The Morgan fingerprint density at radius 3 is 2.69 bits per heavy atom. The fourth-order valence-electron chi connectivity index (χ4n) is 3.63. The molecule has 2 aromatic rings. The van der Waals surface area contributed by atoms with E-state index in [1.807, 2.05) is 30.3 Å². The number of aliphatic carboxylic acids is 1. The van der Waals surface area contributed by atoms with Gasteiger partial charge in [-0.1, -0.05) is 43.7 Å². The summed E-state index contributed by atoms with van der Waals surface area (Å²) in [6, 6.07) is 9.85. The molecule has 0 saturated carbocycles. The molecule has 0 amide bonds. The Balaban J connectivity index is 1.37. The summed E-state index contributed by atoms with van der Waals surface area (Å²) in [7, 11) is 0. The van der Waals surface area contributed by atoms with Crippen molar-refractivity contribution in [2.45, 2.75) is 39.2 Å². The van der Waals surface area contributed by atoms with Crippen LogP contribution in [0.15, 0.2) is 30.3 Å². The van der Waals surface area contributed by atoms with Gasteiger partial charge in [-0.3, -0.25) is 4.79 Å². The Hall–Kier alpha value is -2.28. The van der Waals surface area contributed by atoms with Gasteiger partial charge in [0.05, 0.1) is 12.5 Å². The topological polar surface area (TPSA) is 84.1 Å². The summed E-state index contributed by atoms with van der Waals surface area (Å²) in [5.74, 6) is 0.246. The van der Waals surface area contributed by atoms with E-state index in [0.717, 1.165) is 50.9 Å². The van der Waals surface area contributed by atoms with Crippen molar-refractivity contribution in [3.05, 3.63) is 30.3 Å². The Kier molecular flexibility index (Phi) is 6.33. The number of hydrogen-bond donors (Lipinski definition) is 1. The zero-order valence-corrected chi connectivity index (χ0v) is 15.3. The van der Waals surface area contributed by atoms with Crippen LogP contribution in [0.25, 0.3) is 11.4 Å². The first kappa shape index (κ1) is 18.5. The SMILES string of the molecule is CC1CC(C(=O)O)CN(CCCCCn2nnc(-c3ccccc3)n2)C1. The third-order valence-electron chi connectivity index (χ3n) is 4.90. The van der Waals surface area contributed by atoms with Crippen molar-refractivity contribution in [2.24, 2.45) is 11.8 Å². The van der Waals surface area contributed by atoms with E-state index in [1.165, 1.54) is 0 Å². The molecule has 1 aromatic carbocycles. The van der Waals surface area contributed by atoms with Gasteiger partial charge < -0.3 is 10.0 Å². The maximum absolute atomic E-state index is 11.2. The van der Waals surface area contributed by atoms with E-state index in [4.69, 9.17) is 0 Å². The van der Waals surface area contributed by atoms with Gasteiger partial charge in [-0.25, -0.2) is 0 Å². The van der Waals surface area contributed by atoms with Crippen LogP contribution < -0.4 is 0 Å². The highest BCUT2D eigenvalue weighted by Gasteiger charge is 2.28. The number of aromatic nitrogens is 4. The molecule has 0 aliphatic carbocycles. The highest BCUT2D eigenvalue weighted by molar-refractivity contribution is 5.70. The average Bonchev–Trinajstić information content (AvgIpc) is 3.10. The standard InChI is InChI=1S/C19H27N5O2/c1-15-12-17(19(25)26)14-23(13-15)10-6-3-7-11-24-21-18(20-22-24)16-8-4-2-5-9-16/h2,4-5,8-9,15,17H,3,6-7,10-14H2,1H3,(H,25,26). The quantitative estimate of drug-likeness (QED) is 0.731. The van der Waals surface area contributed by atoms with Gasteiger partial charge in [0.25, 0.3) is 0 Å². The molecule has 3 rings (SSSR count). The molecule has 1 saturated heterocycles. The van der Waals surface area contributed by atoms with Crippen LogP contribution >= 0.6 is 0 Å². The van der Waals surface area contributed by atoms with Crippen LogP contribution in [0.5, 0.6) is 0 Å². The van der Waals surface area contributed by atoms with Crippen molar-refractivity contribution >= 4 is 5.97 Å². The van der Waals surface area contributed by atoms with E-state index in [-0.39, 0.29) is 5.92 Å². The lowest BCUT2D eigenvalue weighted by Gasteiger charge is -2.34. The molecule has 7 nitrogen and oxygen atoms in total. The first-order valence-corrected chi connectivity index (χ1v) is 9.40. The maximum atomic E-state index is 11.2. The molecule has 2 atom stereocenters. The van der Waals surface area contributed by atoms with Crippen LogP contribution in [0, 0.1) is 11.8 Å². The predicted octanol–water partition coefficient (Wildman–Crippen LogP) is 2.55. The van der Waals surface area contributed by atoms with Gasteiger partial charge in [0.2, 0.25) is 5.82 Å². The zero-order valence-electron chi connectivity index (χ0n) is 15.3. The smallest absolute Gasteiger partial charge is 0.307 e. The van der Waals surface area contributed by atoms with Crippen LogP contribution in [0.4, 0.5) is 0 Å². The number of carboxylic acids is 1. The van der Waals surface area contributed by atoms with E-state index in [1.54, 1.807) is 4.80 Å². The second kappa shape index (κ2) is 8.89. The molecule has 26 heavy (non-hydrogen) atoms. The summed E-state index contributed by atoms with van der Waals surface area (Å²) < 4.78 is 0. The second-order valence-corrected chi connectivity index (χ2v) is 7.27. The zero-order chi connectivity index (χ0) is 18.4. The number of unbranched alkanes of at least 4 members (excludes halogenated alkanes) is 2. The molecule has 1 fully saturated rings. The molecular weight excluding hydrogens is 330 g/mol. The van der Waals surface area contributed by atoms with Crippen molar-refractivity contribution in [1.29, 1.82) is 0 Å². The van der Waals surface area contributed by atoms with E-state index in [9.17, 15) is 9.90 Å². The van der Waals surface area contributed by atoms with Crippen molar-refractivity contribution in [1.82, 2.24) is 25.1 Å². The van der Waals surface area contributed by atoms with Crippen LogP contribution in [0.3, 0.4) is 0 Å². The molecule has 1 aliphatic heterocycles. The van der Waals surface area contributed by atoms with Gasteiger partial charge in [0.1, 0.15) is 0 Å². The summed E-state index contributed by atoms with van der Waals surface area (Å²) in [6.07, 6.45) is 3.94. The molecule has 1 aliphatic rings. The first-order valence-electron chi connectivity index (χ1n) is 9.40. The summed E-state index contributed by atoms with van der Waals surface area (Å²) in [5.41, 5.74) is 0.978. The van der Waals surface area contributed by atoms with E-state index in [0.29, 0.717) is 18.3 Å². The summed E-state index contributed by atoms with van der Waals surface area (Å²) >= 11 is 0. The molecule has 0 bridgehead atoms. The number of tetrazole rings is 1. The van der Waals surface area contributed by atoms with Crippen LogP contribution in [0.1, 0.15) is 32.6 Å². The lowest BCUT2D eigenvalue weighted by atomic mass is 9.90. The highest BCUT2D eigenvalue weighted by Crippen LogP contribution is 2.22. The molecule has 140 valence electrons. The number of hydrogen-bond acceptors (Lipinski definition) is 5. The molecule has 1 N–H and O–H groups in total. The monoisotopic (exact) mass is 357 g/mol. The average molecular weight is 357 g/mol. The number of likely N-dealkylation sites (tertiary alicyclic amines) is 1. The second-order valence-electron chi connectivity index (χ2n) is 7.27. The normalized spacial score (nSPS) is 21.0. The summed E-state index contributed by atoms with van der Waals surface area (Å²) in [6.45, 7) is 5.56. The lowest BCUT2D eigenvalue weighted by Crippen LogP contribution is -2.42. The largest absolute Gasteiger partial charge is 0.481 e. The van der Waals surface area contributed by atoms with Crippen LogP contribution in [-0.2, 0) is 11.3 Å². The number of carbonyl (C=O) groups is 1. The van der Waals surface area contributed by atoms with Crippen molar-refractivity contribution in [3.63, 3.8) is 0 Å². The molecular formula is C19H27N5O2. The van der Waals surface area contributed by atoms with Crippen LogP contribution in [0.2, 0.25) is 0 Å². The van der Waals surface area contributed by atoms with Crippen molar-refractivity contribution < 1.29 is 9.90 Å². The summed E-state index contributed by atoms with van der Waals surface area (Å²) in [4.78, 5) is 15.2. The van der Waals surface area contributed by atoms with E-state index >= 15 is 0 Å². The molecule has 1 aromatic heterocycles. The van der Waals surface area contributed by atoms with E-state index < -0.39 is 5.97 Å². The summed E-state index contributed by atoms with van der Waals surface area (Å²) in [5, 5.41) is 21.9. The minimum atomic E-state index is -0.659. The van der Waals surface area contributed by atoms with E-state index in [2.05, 4.69) is 27.2 Å². The highest BCUT2D eigenvalue weighted by atomic mass is 16.4. The Morgan fingerprint density at radius 2 is 1.92 bits per heavy atom. The Labute approximate surface area is 154 Å². The predicted molar refractivity (Wildman–Crippen MR) is 98.5 cm³/mol. The van der Waals surface area contributed by atoms with Gasteiger partial charge >= 0.3 is 5.97 Å². The lowest BCUT2D eigenvalue weighted by molar-refractivity contribution is -0.144. The molecule has 2 unspecified atom stereocenters. The number of nitrogens with zero attached hydrogens (tertiary/aromatic N) is 5. The molecule has 7 heteroatoms. The van der Waals surface area contributed by atoms with Crippen LogP contribution in [-0.4, -0.2) is 55.8 Å². The van der Waals surface area contributed by atoms with Gasteiger partial charge in [0.15, 0.2) is 0 Å². The minimum Gasteiger partial charge on any atom is -0.481 e. The molecule has 0 radical (unpaired) electrons. The number of piperidine rings is 1. The number of carboxylic acid groups (broad SMARTS) is 1. The number of rotatable bonds is 8. The third-order valence-corrected chi connectivity index (χ3v) is 4.90. The van der Waals surface area contributed by atoms with Gasteiger partial charge in [-0.15, -0.1) is 10.2 Å². The minimum absolute atomic E-state index is 0.213.